The topological polar surface area (TPSA) is 64.9 Å². The zero-order valence-electron chi connectivity index (χ0n) is 12.3. The van der Waals surface area contributed by atoms with Crippen LogP contribution in [0, 0.1) is 18.3 Å². The molecule has 0 bridgehead atoms. The van der Waals surface area contributed by atoms with Gasteiger partial charge in [0.2, 0.25) is 0 Å². The lowest BCUT2D eigenvalue weighted by Gasteiger charge is -2.05. The Bertz CT molecular complexity index is 715. The molecule has 22 heavy (non-hydrogen) atoms. The number of rotatable bonds is 5. The second kappa shape index (κ2) is 7.65. The molecule has 4 nitrogen and oxygen atoms in total. The summed E-state index contributed by atoms with van der Waals surface area (Å²) < 4.78 is 0. The fourth-order valence-electron chi connectivity index (χ4n) is 1.91. The Hall–Kier alpha value is -3.06. The van der Waals surface area contributed by atoms with E-state index in [1.165, 1.54) is 6.20 Å². The summed E-state index contributed by atoms with van der Waals surface area (Å²) >= 11 is 0. The molecular formula is C18H17N3O. The fourth-order valence-corrected chi connectivity index (χ4v) is 1.91. The molecule has 0 aliphatic carbocycles. The molecule has 0 radical (unpaired) electrons. The van der Waals surface area contributed by atoms with Gasteiger partial charge >= 0.3 is 0 Å². The van der Waals surface area contributed by atoms with Gasteiger partial charge in [-0.05, 0) is 30.2 Å². The molecule has 4 heteroatoms. The van der Waals surface area contributed by atoms with Crippen molar-refractivity contribution in [2.75, 3.05) is 5.32 Å². The lowest BCUT2D eigenvalue weighted by molar-refractivity contribution is -0.117. The van der Waals surface area contributed by atoms with Crippen molar-refractivity contribution in [2.45, 2.75) is 13.5 Å². The first-order valence-electron chi connectivity index (χ1n) is 6.94. The molecule has 2 N–H and O–H groups in total. The molecule has 0 heterocycles. The Labute approximate surface area is 130 Å². The largest absolute Gasteiger partial charge is 0.360 e. The number of nitrogens with zero attached hydrogens (tertiary/aromatic N) is 1. The van der Waals surface area contributed by atoms with Crippen LogP contribution in [-0.2, 0) is 11.3 Å². The van der Waals surface area contributed by atoms with Gasteiger partial charge in [0, 0.05) is 18.4 Å². The predicted octanol–water partition coefficient (Wildman–Crippen LogP) is 3.13. The van der Waals surface area contributed by atoms with E-state index in [1.807, 2.05) is 67.6 Å². The molecule has 0 atom stereocenters. The van der Waals surface area contributed by atoms with E-state index in [0.29, 0.717) is 6.54 Å². The molecule has 0 fully saturated rings. The molecule has 0 aromatic heterocycles. The maximum absolute atomic E-state index is 12.0. The summed E-state index contributed by atoms with van der Waals surface area (Å²) in [6.07, 6.45) is 1.43. The SMILES string of the molecule is Cc1cccc(N/C=C(/C#N)C(=O)NCc2ccccc2)c1. The lowest BCUT2D eigenvalue weighted by atomic mass is 10.2. The Morgan fingerprint density at radius 1 is 1.18 bits per heavy atom. The summed E-state index contributed by atoms with van der Waals surface area (Å²) in [5, 5.41) is 14.8. The van der Waals surface area contributed by atoms with Crippen LogP contribution in [-0.4, -0.2) is 5.91 Å². The van der Waals surface area contributed by atoms with Crippen LogP contribution < -0.4 is 10.6 Å². The predicted molar refractivity (Wildman–Crippen MR) is 86.8 cm³/mol. The van der Waals surface area contributed by atoms with Crippen LogP contribution in [0.3, 0.4) is 0 Å². The fraction of sp³-hybridized carbons (Fsp3) is 0.111. The highest BCUT2D eigenvalue weighted by Crippen LogP contribution is 2.10. The van der Waals surface area contributed by atoms with Crippen LogP contribution in [0.1, 0.15) is 11.1 Å². The van der Waals surface area contributed by atoms with Crippen molar-refractivity contribution in [3.8, 4) is 6.07 Å². The smallest absolute Gasteiger partial charge is 0.263 e. The van der Waals surface area contributed by atoms with Crippen molar-refractivity contribution in [3.05, 3.63) is 77.5 Å². The highest BCUT2D eigenvalue weighted by atomic mass is 16.1. The summed E-state index contributed by atoms with van der Waals surface area (Å²) in [6.45, 7) is 2.37. The second-order valence-electron chi connectivity index (χ2n) is 4.85. The first-order chi connectivity index (χ1) is 10.7. The van der Waals surface area contributed by atoms with Crippen molar-refractivity contribution in [1.29, 1.82) is 5.26 Å². The summed E-state index contributed by atoms with van der Waals surface area (Å²) in [5.74, 6) is -0.397. The van der Waals surface area contributed by atoms with E-state index in [0.717, 1.165) is 16.8 Å². The van der Waals surface area contributed by atoms with Gasteiger partial charge in [-0.2, -0.15) is 5.26 Å². The number of aryl methyl sites for hydroxylation is 1. The van der Waals surface area contributed by atoms with E-state index in [9.17, 15) is 4.79 Å². The highest BCUT2D eigenvalue weighted by molar-refractivity contribution is 5.97. The minimum absolute atomic E-state index is 0.0393. The minimum atomic E-state index is -0.397. The second-order valence-corrected chi connectivity index (χ2v) is 4.85. The lowest BCUT2D eigenvalue weighted by Crippen LogP contribution is -2.24. The van der Waals surface area contributed by atoms with Gasteiger partial charge < -0.3 is 10.6 Å². The third-order valence-corrected chi connectivity index (χ3v) is 3.06. The average Bonchev–Trinajstić information content (AvgIpc) is 2.54. The van der Waals surface area contributed by atoms with E-state index < -0.39 is 5.91 Å². The van der Waals surface area contributed by atoms with E-state index in [-0.39, 0.29) is 5.57 Å². The maximum atomic E-state index is 12.0. The third-order valence-electron chi connectivity index (χ3n) is 3.06. The molecule has 0 spiro atoms. The molecule has 110 valence electrons. The summed E-state index contributed by atoms with van der Waals surface area (Å²) in [5.41, 5.74) is 2.96. The van der Waals surface area contributed by atoms with Crippen LogP contribution in [0.2, 0.25) is 0 Å². The molecule has 0 aliphatic heterocycles. The van der Waals surface area contributed by atoms with Gasteiger partial charge in [0.05, 0.1) is 0 Å². The quantitative estimate of drug-likeness (QED) is 0.657. The van der Waals surface area contributed by atoms with E-state index in [1.54, 1.807) is 0 Å². The first-order valence-corrected chi connectivity index (χ1v) is 6.94. The maximum Gasteiger partial charge on any atom is 0.263 e. The molecule has 2 aromatic carbocycles. The Morgan fingerprint density at radius 3 is 2.64 bits per heavy atom. The molecule has 1 amide bonds. The van der Waals surface area contributed by atoms with Gasteiger partial charge in [-0.3, -0.25) is 4.79 Å². The number of hydrogen-bond donors (Lipinski definition) is 2. The molecule has 2 rings (SSSR count). The van der Waals surface area contributed by atoms with Crippen LogP contribution in [0.5, 0.6) is 0 Å². The monoisotopic (exact) mass is 291 g/mol. The Balaban J connectivity index is 1.97. The van der Waals surface area contributed by atoms with E-state index >= 15 is 0 Å². The van der Waals surface area contributed by atoms with Gasteiger partial charge in [-0.1, -0.05) is 42.5 Å². The molecule has 0 unspecified atom stereocenters. The van der Waals surface area contributed by atoms with Crippen LogP contribution in [0.25, 0.3) is 0 Å². The number of amides is 1. The highest BCUT2D eigenvalue weighted by Gasteiger charge is 2.08. The molecule has 0 aliphatic rings. The number of anilines is 1. The van der Waals surface area contributed by atoms with E-state index in [4.69, 9.17) is 5.26 Å². The standard InChI is InChI=1S/C18H17N3O/c1-14-6-5-9-17(10-14)20-13-16(11-19)18(22)21-12-15-7-3-2-4-8-15/h2-10,13,20H,12H2,1H3,(H,21,22)/b16-13-. The van der Waals surface area contributed by atoms with Gasteiger partial charge in [0.25, 0.3) is 5.91 Å². The Kier molecular flexibility index (Phi) is 5.33. The van der Waals surface area contributed by atoms with Crippen LogP contribution in [0.15, 0.2) is 66.4 Å². The summed E-state index contributed by atoms with van der Waals surface area (Å²) in [4.78, 5) is 12.0. The first kappa shape index (κ1) is 15.3. The normalized spacial score (nSPS) is 10.6. The minimum Gasteiger partial charge on any atom is -0.360 e. The number of carbonyl (C=O) groups excluding carboxylic acids is 1. The molecule has 2 aromatic rings. The van der Waals surface area contributed by atoms with Gasteiger partial charge in [-0.15, -0.1) is 0 Å². The molecular weight excluding hydrogens is 274 g/mol. The van der Waals surface area contributed by atoms with Gasteiger partial charge in [-0.25, -0.2) is 0 Å². The van der Waals surface area contributed by atoms with Crippen molar-refractivity contribution < 1.29 is 4.79 Å². The van der Waals surface area contributed by atoms with E-state index in [2.05, 4.69) is 10.6 Å². The van der Waals surface area contributed by atoms with Crippen molar-refractivity contribution in [1.82, 2.24) is 5.32 Å². The van der Waals surface area contributed by atoms with Crippen molar-refractivity contribution in [3.63, 3.8) is 0 Å². The number of nitriles is 1. The molecule has 0 saturated carbocycles. The number of nitrogens with one attached hydrogen (secondary N) is 2. The zero-order valence-corrected chi connectivity index (χ0v) is 12.3. The number of hydrogen-bond acceptors (Lipinski definition) is 3. The summed E-state index contributed by atoms with van der Waals surface area (Å²) in [6, 6.07) is 19.2. The summed E-state index contributed by atoms with van der Waals surface area (Å²) in [7, 11) is 0. The third kappa shape index (κ3) is 4.50. The van der Waals surface area contributed by atoms with Crippen LogP contribution >= 0.6 is 0 Å². The zero-order chi connectivity index (χ0) is 15.8. The van der Waals surface area contributed by atoms with Gasteiger partial charge in [0.1, 0.15) is 11.6 Å². The van der Waals surface area contributed by atoms with Crippen molar-refractivity contribution >= 4 is 11.6 Å². The Morgan fingerprint density at radius 2 is 1.95 bits per heavy atom. The average molecular weight is 291 g/mol. The number of carbonyl (C=O) groups is 1. The number of benzene rings is 2. The van der Waals surface area contributed by atoms with Crippen LogP contribution in [0.4, 0.5) is 5.69 Å². The molecule has 0 saturated heterocycles. The van der Waals surface area contributed by atoms with Crippen molar-refractivity contribution in [2.24, 2.45) is 0 Å². The van der Waals surface area contributed by atoms with Gasteiger partial charge in [0.15, 0.2) is 0 Å².